The monoisotopic (exact) mass is 663 g/mol. The molecule has 1 amide bonds. The number of hydrogen-bond donors (Lipinski definition) is 8. The van der Waals surface area contributed by atoms with Gasteiger partial charge in [-0.05, 0) is 12.8 Å². The number of fused-ring (bicyclic) bond motifs is 1. The van der Waals surface area contributed by atoms with E-state index in [2.05, 4.69) is 19.3 Å². The zero-order valence-corrected chi connectivity index (χ0v) is 24.4. The lowest BCUT2D eigenvalue weighted by atomic mass is 10.1. The number of primary amides is 1. The largest absolute Gasteiger partial charge is 0.481 e. The molecule has 0 radical (unpaired) electrons. The summed E-state index contributed by atoms with van der Waals surface area (Å²) in [7, 11) is -10.6. The maximum atomic E-state index is 12.5. The highest BCUT2D eigenvalue weighted by molar-refractivity contribution is 7.61. The van der Waals surface area contributed by atoms with Gasteiger partial charge in [0.05, 0.1) is 31.7 Å². The average molecular weight is 663 g/mol. The van der Waals surface area contributed by atoms with Gasteiger partial charge in [0.2, 0.25) is 5.91 Å². The number of aliphatic hydroxyl groups excluding tert-OH is 4. The fraction of sp³-hybridized carbons (Fsp3) is 0.545. The van der Waals surface area contributed by atoms with Crippen LogP contribution in [0.4, 0.5) is 5.82 Å². The molecule has 6 unspecified atom stereocenters. The molecule has 10 atom stereocenters. The van der Waals surface area contributed by atoms with Crippen molar-refractivity contribution in [3.63, 3.8) is 0 Å². The van der Waals surface area contributed by atoms with Crippen LogP contribution >= 0.6 is 15.6 Å². The highest BCUT2D eigenvalue weighted by atomic mass is 31.3. The van der Waals surface area contributed by atoms with Gasteiger partial charge in [0.1, 0.15) is 36.3 Å². The van der Waals surface area contributed by atoms with Gasteiger partial charge in [-0.25, -0.2) is 24.1 Å². The van der Waals surface area contributed by atoms with Crippen LogP contribution in [-0.2, 0) is 32.0 Å². The Labute approximate surface area is 248 Å². The quantitative estimate of drug-likeness (QED) is 0.120. The first-order chi connectivity index (χ1) is 20.7. The summed E-state index contributed by atoms with van der Waals surface area (Å²) in [6, 6.07) is -0.778. The van der Waals surface area contributed by atoms with E-state index in [1.165, 1.54) is 34.5 Å². The number of nitrogens with zero attached hydrogens (tertiary/aromatic N) is 5. The third-order valence-electron chi connectivity index (χ3n) is 7.44. The van der Waals surface area contributed by atoms with E-state index < -0.39 is 83.5 Å². The second kappa shape index (κ2) is 12.5. The average Bonchev–Trinajstić information content (AvgIpc) is 3.61. The van der Waals surface area contributed by atoms with E-state index in [0.717, 1.165) is 0 Å². The molecule has 1 aliphatic carbocycles. The summed E-state index contributed by atoms with van der Waals surface area (Å²) in [5.74, 6) is -1.52. The van der Waals surface area contributed by atoms with E-state index in [1.54, 1.807) is 6.08 Å². The van der Waals surface area contributed by atoms with Crippen molar-refractivity contribution in [3.05, 3.63) is 36.7 Å². The summed E-state index contributed by atoms with van der Waals surface area (Å²) in [4.78, 5) is 44.9. The summed E-state index contributed by atoms with van der Waals surface area (Å²) in [6.45, 7) is -1.54. The van der Waals surface area contributed by atoms with Gasteiger partial charge in [0.15, 0.2) is 17.7 Å². The molecule has 20 nitrogen and oxygen atoms in total. The van der Waals surface area contributed by atoms with Crippen LogP contribution in [0.1, 0.15) is 18.9 Å². The van der Waals surface area contributed by atoms with Gasteiger partial charge < -0.3 is 55.9 Å². The summed E-state index contributed by atoms with van der Waals surface area (Å²) < 4.78 is 45.8. The maximum absolute atomic E-state index is 12.5. The lowest BCUT2D eigenvalue weighted by Gasteiger charge is -2.28. The molecular weight excluding hydrogens is 632 g/mol. The molecule has 2 aromatic heterocycles. The zero-order valence-electron chi connectivity index (χ0n) is 22.7. The number of imidazole rings is 1. The van der Waals surface area contributed by atoms with Gasteiger partial charge in [-0.2, -0.15) is 4.31 Å². The van der Waals surface area contributed by atoms with Gasteiger partial charge in [-0.3, -0.25) is 13.8 Å². The number of anilines is 1. The molecule has 22 heteroatoms. The number of allylic oxidation sites excluding steroid dienone is 1. The number of rotatable bonds is 11. The number of nitrogens with two attached hydrogens (primary N) is 2. The minimum absolute atomic E-state index is 0.0215. The summed E-state index contributed by atoms with van der Waals surface area (Å²) in [5, 5.41) is 41.9. The fourth-order valence-corrected chi connectivity index (χ4v) is 7.34. The molecule has 3 aliphatic rings. The van der Waals surface area contributed by atoms with Crippen molar-refractivity contribution in [1.82, 2.24) is 24.4 Å². The minimum atomic E-state index is -5.32. The summed E-state index contributed by atoms with van der Waals surface area (Å²) in [6.07, 6.45) is -1.43. The normalized spacial score (nSPS) is 33.3. The summed E-state index contributed by atoms with van der Waals surface area (Å²) in [5.41, 5.74) is 11.8. The molecule has 2 aromatic rings. The SMILES string of the molecule is NC(=O)C1=CN([C@@H]2O[C@H](COP(=O)(O)OP(=O)(O)OC[C@H]3C[C@@H](n4cnc5c(N)ncnc54)C(O)C3O)C(O)C2O)C=CC1. The van der Waals surface area contributed by atoms with Crippen LogP contribution in [0, 0.1) is 5.92 Å². The van der Waals surface area contributed by atoms with E-state index in [0.29, 0.717) is 5.65 Å². The second-order valence-electron chi connectivity index (χ2n) is 10.3. The van der Waals surface area contributed by atoms with Crippen molar-refractivity contribution >= 4 is 38.5 Å². The van der Waals surface area contributed by atoms with Crippen molar-refractivity contribution in [2.24, 2.45) is 11.7 Å². The predicted octanol–water partition coefficient (Wildman–Crippen LogP) is -2.02. The van der Waals surface area contributed by atoms with Crippen LogP contribution in [0.3, 0.4) is 0 Å². The number of phosphoric acid groups is 2. The van der Waals surface area contributed by atoms with Crippen molar-refractivity contribution in [2.45, 2.75) is 55.6 Å². The molecule has 242 valence electrons. The van der Waals surface area contributed by atoms with Crippen molar-refractivity contribution in [2.75, 3.05) is 18.9 Å². The molecule has 5 rings (SSSR count). The molecular formula is C22H31N7O13P2. The Balaban J connectivity index is 1.15. The Morgan fingerprint density at radius 3 is 2.43 bits per heavy atom. The maximum Gasteiger partial charge on any atom is 0.481 e. The number of aliphatic hydroxyl groups is 4. The van der Waals surface area contributed by atoms with E-state index >= 15 is 0 Å². The number of carbonyl (C=O) groups is 1. The van der Waals surface area contributed by atoms with Gasteiger partial charge in [-0.15, -0.1) is 0 Å². The number of ether oxygens (including phenoxy) is 1. The number of nitrogen functional groups attached to an aromatic ring is 1. The standard InChI is InChI=1S/C22H31N7O13P2/c23-19-14-21(26-8-25-19)29(9-27-14)12-4-11(15(30)16(12)31)6-39-43(35,36)42-44(37,38)40-7-13-17(32)18(33)22(41-13)28-3-1-2-10(5-28)20(24)34/h1,3,5,8-9,11-13,15-18,22,30-33H,2,4,6-7H2,(H2,24,34)(H,35,36)(H,37,38)(H2,23,25,26)/t11-,12-,13-,15?,16?,17?,18?,22-/m1/s1. The first-order valence-corrected chi connectivity index (χ1v) is 16.1. The zero-order chi connectivity index (χ0) is 32.0. The van der Waals surface area contributed by atoms with E-state index in [4.69, 9.17) is 25.3 Å². The summed E-state index contributed by atoms with van der Waals surface area (Å²) >= 11 is 0. The van der Waals surface area contributed by atoms with Crippen molar-refractivity contribution < 1.29 is 62.2 Å². The molecule has 44 heavy (non-hydrogen) atoms. The van der Waals surface area contributed by atoms with Crippen LogP contribution in [-0.4, -0.2) is 111 Å². The Morgan fingerprint density at radius 1 is 1.02 bits per heavy atom. The van der Waals surface area contributed by atoms with Crippen LogP contribution in [0.5, 0.6) is 0 Å². The van der Waals surface area contributed by atoms with E-state index in [9.17, 15) is 44.1 Å². The molecule has 0 spiro atoms. The minimum Gasteiger partial charge on any atom is -0.390 e. The number of amides is 1. The van der Waals surface area contributed by atoms with Crippen LogP contribution in [0.25, 0.3) is 11.2 Å². The van der Waals surface area contributed by atoms with E-state index in [-0.39, 0.29) is 29.7 Å². The van der Waals surface area contributed by atoms with Gasteiger partial charge >= 0.3 is 15.6 Å². The lowest BCUT2D eigenvalue weighted by molar-refractivity contribution is -0.115. The Kier molecular flexibility index (Phi) is 9.26. The predicted molar refractivity (Wildman–Crippen MR) is 145 cm³/mol. The third-order valence-corrected chi connectivity index (χ3v) is 10.0. The van der Waals surface area contributed by atoms with Crippen LogP contribution < -0.4 is 11.5 Å². The molecule has 1 saturated heterocycles. The molecule has 0 bridgehead atoms. The second-order valence-corrected chi connectivity index (χ2v) is 13.4. The number of phosphoric ester groups is 2. The number of hydrogen-bond acceptors (Lipinski definition) is 16. The first-order valence-electron chi connectivity index (χ1n) is 13.1. The first kappa shape index (κ1) is 32.6. The molecule has 2 fully saturated rings. The molecule has 1 saturated carbocycles. The van der Waals surface area contributed by atoms with Gasteiger partial charge in [-0.1, -0.05) is 6.08 Å². The van der Waals surface area contributed by atoms with Crippen LogP contribution in [0.2, 0.25) is 0 Å². The Bertz CT molecular complexity index is 1560. The highest BCUT2D eigenvalue weighted by Crippen LogP contribution is 2.61. The van der Waals surface area contributed by atoms with Crippen molar-refractivity contribution in [1.29, 1.82) is 0 Å². The number of aromatic nitrogens is 4. The van der Waals surface area contributed by atoms with Crippen molar-refractivity contribution in [3.8, 4) is 0 Å². The number of carbonyl (C=O) groups excluding carboxylic acids is 1. The smallest absolute Gasteiger partial charge is 0.390 e. The molecule has 10 N–H and O–H groups in total. The Morgan fingerprint density at radius 2 is 1.73 bits per heavy atom. The molecule has 2 aliphatic heterocycles. The van der Waals surface area contributed by atoms with Gasteiger partial charge in [0.25, 0.3) is 0 Å². The fourth-order valence-electron chi connectivity index (χ4n) is 5.20. The lowest BCUT2D eigenvalue weighted by Crippen LogP contribution is -2.40. The van der Waals surface area contributed by atoms with E-state index in [1.807, 2.05) is 0 Å². The van der Waals surface area contributed by atoms with Gasteiger partial charge in [0, 0.05) is 23.9 Å². The Hall–Kier alpha value is -2.84. The highest BCUT2D eigenvalue weighted by Gasteiger charge is 2.48. The molecule has 4 heterocycles. The topological polar surface area (TPSA) is 308 Å². The third kappa shape index (κ3) is 6.71. The van der Waals surface area contributed by atoms with Crippen LogP contribution in [0.15, 0.2) is 36.7 Å². The molecule has 0 aromatic carbocycles.